The van der Waals surface area contributed by atoms with Crippen LogP contribution >= 0.6 is 11.6 Å². The van der Waals surface area contributed by atoms with Crippen LogP contribution in [0.25, 0.3) is 0 Å². The molecule has 1 aliphatic heterocycles. The van der Waals surface area contributed by atoms with Crippen molar-refractivity contribution < 1.29 is 9.47 Å². The molecular weight excluding hydrogens is 262 g/mol. The Hall–Kier alpha value is -1.71. The molecule has 2 aromatic carbocycles. The predicted molar refractivity (Wildman–Crippen MR) is 74.6 cm³/mol. The maximum atomic E-state index is 6.11. The van der Waals surface area contributed by atoms with Gasteiger partial charge in [0.25, 0.3) is 0 Å². The summed E-state index contributed by atoms with van der Waals surface area (Å²) in [6.45, 7) is 1.82. The zero-order valence-corrected chi connectivity index (χ0v) is 11.1. The molecule has 0 aliphatic carbocycles. The largest absolute Gasteiger partial charge is 0.454 e. The van der Waals surface area contributed by atoms with E-state index in [2.05, 4.69) is 5.32 Å². The van der Waals surface area contributed by atoms with Gasteiger partial charge in [0.15, 0.2) is 11.5 Å². The lowest BCUT2D eigenvalue weighted by Gasteiger charge is -2.07. The number of ether oxygens (including phenoxy) is 2. The predicted octanol–water partition coefficient (Wildman–Crippen LogP) is 3.36. The molecular formula is C15H14ClNO2. The zero-order valence-electron chi connectivity index (χ0n) is 10.4. The zero-order chi connectivity index (χ0) is 13.1. The van der Waals surface area contributed by atoms with E-state index in [1.165, 1.54) is 0 Å². The van der Waals surface area contributed by atoms with Crippen molar-refractivity contribution in [2.45, 2.75) is 13.1 Å². The maximum Gasteiger partial charge on any atom is 0.231 e. The molecule has 4 heteroatoms. The number of benzene rings is 2. The number of nitrogens with one attached hydrogen (secondary N) is 1. The molecule has 98 valence electrons. The van der Waals surface area contributed by atoms with Crippen molar-refractivity contribution in [3.05, 3.63) is 58.6 Å². The van der Waals surface area contributed by atoms with E-state index in [9.17, 15) is 0 Å². The van der Waals surface area contributed by atoms with E-state index in [1.54, 1.807) is 0 Å². The number of halogens is 1. The van der Waals surface area contributed by atoms with Crippen LogP contribution in [0, 0.1) is 0 Å². The summed E-state index contributed by atoms with van der Waals surface area (Å²) in [6.07, 6.45) is 0. The summed E-state index contributed by atoms with van der Waals surface area (Å²) >= 11 is 6.11. The van der Waals surface area contributed by atoms with Crippen LogP contribution in [-0.4, -0.2) is 6.79 Å². The van der Waals surface area contributed by atoms with Crippen molar-refractivity contribution in [1.82, 2.24) is 5.32 Å². The van der Waals surface area contributed by atoms with Gasteiger partial charge in [-0.3, -0.25) is 0 Å². The molecule has 0 fully saturated rings. The molecule has 0 radical (unpaired) electrons. The highest BCUT2D eigenvalue weighted by atomic mass is 35.5. The van der Waals surface area contributed by atoms with Gasteiger partial charge in [-0.2, -0.15) is 0 Å². The van der Waals surface area contributed by atoms with Gasteiger partial charge in [-0.25, -0.2) is 0 Å². The molecule has 19 heavy (non-hydrogen) atoms. The van der Waals surface area contributed by atoms with Gasteiger partial charge in [-0.15, -0.1) is 0 Å². The van der Waals surface area contributed by atoms with Gasteiger partial charge < -0.3 is 14.8 Å². The van der Waals surface area contributed by atoms with Crippen LogP contribution in [0.5, 0.6) is 11.5 Å². The van der Waals surface area contributed by atoms with Crippen molar-refractivity contribution in [1.29, 1.82) is 0 Å². The Kier molecular flexibility index (Phi) is 3.58. The van der Waals surface area contributed by atoms with Crippen molar-refractivity contribution >= 4 is 11.6 Å². The third-order valence-electron chi connectivity index (χ3n) is 3.04. The van der Waals surface area contributed by atoms with Crippen molar-refractivity contribution in [3.63, 3.8) is 0 Å². The topological polar surface area (TPSA) is 30.5 Å². The summed E-state index contributed by atoms with van der Waals surface area (Å²) in [5.41, 5.74) is 2.27. The first-order chi connectivity index (χ1) is 9.33. The lowest BCUT2D eigenvalue weighted by molar-refractivity contribution is 0.174. The van der Waals surface area contributed by atoms with Crippen molar-refractivity contribution in [2.24, 2.45) is 0 Å². The van der Waals surface area contributed by atoms with Gasteiger partial charge in [0.2, 0.25) is 6.79 Å². The molecule has 0 unspecified atom stereocenters. The molecule has 0 aromatic heterocycles. The SMILES string of the molecule is Clc1ccccc1CNCc1ccc2c(c1)OCO2. The average Bonchev–Trinajstić information content (AvgIpc) is 2.88. The molecule has 0 bridgehead atoms. The quantitative estimate of drug-likeness (QED) is 0.928. The minimum Gasteiger partial charge on any atom is -0.454 e. The van der Waals surface area contributed by atoms with Gasteiger partial charge in [-0.1, -0.05) is 35.9 Å². The van der Waals surface area contributed by atoms with Crippen LogP contribution in [0.15, 0.2) is 42.5 Å². The van der Waals surface area contributed by atoms with E-state index >= 15 is 0 Å². The first-order valence-electron chi connectivity index (χ1n) is 6.15. The highest BCUT2D eigenvalue weighted by Gasteiger charge is 2.12. The second-order valence-corrected chi connectivity index (χ2v) is 4.79. The molecule has 1 aliphatic rings. The third kappa shape index (κ3) is 2.83. The summed E-state index contributed by atoms with van der Waals surface area (Å²) in [6, 6.07) is 13.8. The minimum absolute atomic E-state index is 0.311. The fourth-order valence-electron chi connectivity index (χ4n) is 2.03. The Balaban J connectivity index is 1.59. The summed E-state index contributed by atoms with van der Waals surface area (Å²) in [5.74, 6) is 1.63. The minimum atomic E-state index is 0.311. The molecule has 1 heterocycles. The Morgan fingerprint density at radius 1 is 1.00 bits per heavy atom. The normalized spacial score (nSPS) is 12.7. The molecule has 2 aromatic rings. The van der Waals surface area contributed by atoms with Gasteiger partial charge >= 0.3 is 0 Å². The Morgan fingerprint density at radius 2 is 1.84 bits per heavy atom. The average molecular weight is 276 g/mol. The maximum absolute atomic E-state index is 6.11. The highest BCUT2D eigenvalue weighted by molar-refractivity contribution is 6.31. The molecule has 1 N–H and O–H groups in total. The summed E-state index contributed by atoms with van der Waals surface area (Å²) < 4.78 is 10.6. The number of rotatable bonds is 4. The lowest BCUT2D eigenvalue weighted by atomic mass is 10.2. The highest BCUT2D eigenvalue weighted by Crippen LogP contribution is 2.32. The van der Waals surface area contributed by atoms with Crippen LogP contribution in [-0.2, 0) is 13.1 Å². The van der Waals surface area contributed by atoms with E-state index in [4.69, 9.17) is 21.1 Å². The van der Waals surface area contributed by atoms with Gasteiger partial charge in [-0.05, 0) is 29.3 Å². The van der Waals surface area contributed by atoms with Gasteiger partial charge in [0.1, 0.15) is 0 Å². The summed E-state index contributed by atoms with van der Waals surface area (Å²) in [7, 11) is 0. The van der Waals surface area contributed by atoms with Crippen LogP contribution in [0.4, 0.5) is 0 Å². The number of hydrogen-bond acceptors (Lipinski definition) is 3. The Bertz CT molecular complexity index is 586. The second-order valence-electron chi connectivity index (χ2n) is 4.38. The molecule has 3 nitrogen and oxygen atoms in total. The number of fused-ring (bicyclic) bond motifs is 1. The third-order valence-corrected chi connectivity index (χ3v) is 3.41. The fourth-order valence-corrected chi connectivity index (χ4v) is 2.24. The molecule has 3 rings (SSSR count). The molecule has 0 amide bonds. The van der Waals surface area contributed by atoms with Gasteiger partial charge in [0, 0.05) is 18.1 Å². The summed E-state index contributed by atoms with van der Waals surface area (Å²) in [5, 5.41) is 4.16. The Morgan fingerprint density at radius 3 is 2.74 bits per heavy atom. The van der Waals surface area contributed by atoms with E-state index in [0.29, 0.717) is 6.79 Å². The van der Waals surface area contributed by atoms with Crippen LogP contribution in [0.1, 0.15) is 11.1 Å². The van der Waals surface area contributed by atoms with Gasteiger partial charge in [0.05, 0.1) is 0 Å². The van der Waals surface area contributed by atoms with Crippen LogP contribution in [0.2, 0.25) is 5.02 Å². The van der Waals surface area contributed by atoms with Crippen molar-refractivity contribution in [2.75, 3.05) is 6.79 Å². The first-order valence-corrected chi connectivity index (χ1v) is 6.53. The molecule has 0 saturated heterocycles. The van der Waals surface area contributed by atoms with Crippen LogP contribution < -0.4 is 14.8 Å². The Labute approximate surface area is 117 Å². The fraction of sp³-hybridized carbons (Fsp3) is 0.200. The standard InChI is InChI=1S/C15H14ClNO2/c16-13-4-2-1-3-12(13)9-17-8-11-5-6-14-15(7-11)19-10-18-14/h1-7,17H,8-10H2. The smallest absolute Gasteiger partial charge is 0.231 e. The lowest BCUT2D eigenvalue weighted by Crippen LogP contribution is -2.12. The van der Waals surface area contributed by atoms with E-state index in [0.717, 1.165) is 40.7 Å². The van der Waals surface area contributed by atoms with E-state index in [1.807, 2.05) is 42.5 Å². The summed E-state index contributed by atoms with van der Waals surface area (Å²) in [4.78, 5) is 0. The first kappa shape index (κ1) is 12.3. The number of hydrogen-bond donors (Lipinski definition) is 1. The molecule has 0 saturated carbocycles. The van der Waals surface area contributed by atoms with E-state index in [-0.39, 0.29) is 0 Å². The second kappa shape index (κ2) is 5.51. The van der Waals surface area contributed by atoms with Crippen molar-refractivity contribution in [3.8, 4) is 11.5 Å². The molecule has 0 atom stereocenters. The van der Waals surface area contributed by atoms with Crippen LogP contribution in [0.3, 0.4) is 0 Å². The monoisotopic (exact) mass is 275 g/mol. The molecule has 0 spiro atoms. The van der Waals surface area contributed by atoms with E-state index < -0.39 is 0 Å².